The van der Waals surface area contributed by atoms with E-state index in [-0.39, 0.29) is 11.4 Å². The highest BCUT2D eigenvalue weighted by Gasteiger charge is 2.31. The van der Waals surface area contributed by atoms with Gasteiger partial charge in [0.1, 0.15) is 11.4 Å². The summed E-state index contributed by atoms with van der Waals surface area (Å²) in [5.41, 5.74) is 1.74. The van der Waals surface area contributed by atoms with E-state index in [0.717, 1.165) is 22.7 Å². The predicted molar refractivity (Wildman–Crippen MR) is 104 cm³/mol. The second-order valence-corrected chi connectivity index (χ2v) is 6.94. The summed E-state index contributed by atoms with van der Waals surface area (Å²) in [5.74, 6) is -1.24. The average molecular weight is 431 g/mol. The van der Waals surface area contributed by atoms with Gasteiger partial charge in [-0.3, -0.25) is 4.79 Å². The molecule has 3 aromatic heterocycles. The number of amides is 1. The minimum atomic E-state index is -4.83. The van der Waals surface area contributed by atoms with Gasteiger partial charge in [-0.1, -0.05) is 23.4 Å². The van der Waals surface area contributed by atoms with Gasteiger partial charge in [-0.25, -0.2) is 4.98 Å². The lowest BCUT2D eigenvalue weighted by molar-refractivity contribution is -0.274. The third kappa shape index (κ3) is 4.66. The molecular formula is C20H12F3N3O3S. The Labute approximate surface area is 171 Å². The van der Waals surface area contributed by atoms with E-state index in [0.29, 0.717) is 11.4 Å². The second kappa shape index (κ2) is 7.99. The number of alkyl halides is 3. The Hall–Kier alpha value is -3.66. The molecular weight excluding hydrogens is 419 g/mol. The van der Waals surface area contributed by atoms with Crippen molar-refractivity contribution in [2.75, 3.05) is 5.32 Å². The van der Waals surface area contributed by atoms with Crippen LogP contribution in [0.15, 0.2) is 70.6 Å². The van der Waals surface area contributed by atoms with E-state index < -0.39 is 18.0 Å². The zero-order valence-corrected chi connectivity index (χ0v) is 15.8. The van der Waals surface area contributed by atoms with Crippen LogP contribution in [-0.4, -0.2) is 22.4 Å². The SMILES string of the molecule is O=C(Nc1cccc(OC(F)(F)F)c1)c1cc(-c2cccc(-c3cccs3)n2)no1. The number of benzene rings is 1. The molecule has 0 aliphatic heterocycles. The minimum absolute atomic E-state index is 0.109. The Kier molecular flexibility index (Phi) is 5.23. The molecule has 4 rings (SSSR count). The first-order valence-electron chi connectivity index (χ1n) is 8.52. The highest BCUT2D eigenvalue weighted by molar-refractivity contribution is 7.13. The molecule has 4 aromatic rings. The topological polar surface area (TPSA) is 77.2 Å². The van der Waals surface area contributed by atoms with E-state index >= 15 is 0 Å². The Balaban J connectivity index is 1.50. The van der Waals surface area contributed by atoms with Crippen molar-refractivity contribution in [2.24, 2.45) is 0 Å². The number of hydrogen-bond acceptors (Lipinski definition) is 6. The Morgan fingerprint density at radius 1 is 1.00 bits per heavy atom. The molecule has 1 aromatic carbocycles. The zero-order valence-electron chi connectivity index (χ0n) is 15.0. The number of halogens is 3. The van der Waals surface area contributed by atoms with E-state index in [1.165, 1.54) is 18.2 Å². The van der Waals surface area contributed by atoms with E-state index in [1.54, 1.807) is 17.4 Å². The number of anilines is 1. The van der Waals surface area contributed by atoms with Gasteiger partial charge in [0.15, 0.2) is 0 Å². The fourth-order valence-corrected chi connectivity index (χ4v) is 3.30. The number of pyridine rings is 1. The summed E-state index contributed by atoms with van der Waals surface area (Å²) < 4.78 is 46.0. The van der Waals surface area contributed by atoms with Gasteiger partial charge in [0.05, 0.1) is 16.3 Å². The number of thiophene rings is 1. The quantitative estimate of drug-likeness (QED) is 0.444. The summed E-state index contributed by atoms with van der Waals surface area (Å²) >= 11 is 1.54. The highest BCUT2D eigenvalue weighted by atomic mass is 32.1. The van der Waals surface area contributed by atoms with Crippen LogP contribution in [0.25, 0.3) is 22.0 Å². The maximum Gasteiger partial charge on any atom is 0.573 e. The van der Waals surface area contributed by atoms with Gasteiger partial charge in [-0.2, -0.15) is 0 Å². The Morgan fingerprint density at radius 3 is 2.57 bits per heavy atom. The Morgan fingerprint density at radius 2 is 1.80 bits per heavy atom. The lowest BCUT2D eigenvalue weighted by Crippen LogP contribution is -2.17. The maximum absolute atomic E-state index is 12.4. The summed E-state index contributed by atoms with van der Waals surface area (Å²) in [6.45, 7) is 0. The van der Waals surface area contributed by atoms with Gasteiger partial charge in [0.25, 0.3) is 5.91 Å². The maximum atomic E-state index is 12.4. The molecule has 0 saturated carbocycles. The third-order valence-corrected chi connectivity index (χ3v) is 4.74. The van der Waals surface area contributed by atoms with Crippen LogP contribution in [0.4, 0.5) is 18.9 Å². The van der Waals surface area contributed by atoms with Crippen molar-refractivity contribution in [3.05, 3.63) is 71.8 Å². The third-order valence-electron chi connectivity index (χ3n) is 3.84. The predicted octanol–water partition coefficient (Wildman–Crippen LogP) is 5.62. The van der Waals surface area contributed by atoms with Crippen LogP contribution in [0.3, 0.4) is 0 Å². The van der Waals surface area contributed by atoms with Crippen molar-refractivity contribution in [2.45, 2.75) is 6.36 Å². The van der Waals surface area contributed by atoms with Crippen molar-refractivity contribution in [3.8, 4) is 27.7 Å². The standard InChI is InChI=1S/C20H12F3N3O3S/c21-20(22,23)28-13-5-1-4-12(10-13)24-19(27)17-11-16(26-29-17)14-6-2-7-15(25-14)18-8-3-9-30-18/h1-11H,(H,24,27). The number of aromatic nitrogens is 2. The molecule has 0 atom stereocenters. The normalized spacial score (nSPS) is 11.3. The number of rotatable bonds is 5. The molecule has 1 amide bonds. The first kappa shape index (κ1) is 19.6. The van der Waals surface area contributed by atoms with Crippen molar-refractivity contribution >= 4 is 22.9 Å². The van der Waals surface area contributed by atoms with Crippen molar-refractivity contribution < 1.29 is 27.2 Å². The molecule has 0 radical (unpaired) electrons. The van der Waals surface area contributed by atoms with E-state index in [1.807, 2.05) is 29.6 Å². The van der Waals surface area contributed by atoms with Gasteiger partial charge in [0, 0.05) is 17.8 Å². The van der Waals surface area contributed by atoms with E-state index in [9.17, 15) is 18.0 Å². The number of nitrogens with one attached hydrogen (secondary N) is 1. The molecule has 3 heterocycles. The van der Waals surface area contributed by atoms with Crippen LogP contribution in [0.2, 0.25) is 0 Å². The molecule has 30 heavy (non-hydrogen) atoms. The van der Waals surface area contributed by atoms with Crippen LogP contribution in [0, 0.1) is 0 Å². The number of carbonyl (C=O) groups is 1. The number of nitrogens with zero attached hydrogens (tertiary/aromatic N) is 2. The lowest BCUT2D eigenvalue weighted by Gasteiger charge is -2.10. The summed E-state index contributed by atoms with van der Waals surface area (Å²) in [7, 11) is 0. The molecule has 1 N–H and O–H groups in total. The summed E-state index contributed by atoms with van der Waals surface area (Å²) in [6.07, 6.45) is -4.83. The lowest BCUT2D eigenvalue weighted by atomic mass is 10.2. The van der Waals surface area contributed by atoms with E-state index in [2.05, 4.69) is 20.2 Å². The highest BCUT2D eigenvalue weighted by Crippen LogP contribution is 2.27. The van der Waals surface area contributed by atoms with Crippen LogP contribution in [0.1, 0.15) is 10.6 Å². The van der Waals surface area contributed by atoms with Crippen LogP contribution < -0.4 is 10.1 Å². The molecule has 0 aliphatic rings. The number of ether oxygens (including phenoxy) is 1. The van der Waals surface area contributed by atoms with Crippen molar-refractivity contribution in [1.82, 2.24) is 10.1 Å². The van der Waals surface area contributed by atoms with Crippen LogP contribution in [0.5, 0.6) is 5.75 Å². The number of carbonyl (C=O) groups excluding carboxylic acids is 1. The fourth-order valence-electron chi connectivity index (χ4n) is 2.61. The molecule has 6 nitrogen and oxygen atoms in total. The van der Waals surface area contributed by atoms with Gasteiger partial charge in [-0.05, 0) is 35.7 Å². The molecule has 0 unspecified atom stereocenters. The van der Waals surface area contributed by atoms with Crippen LogP contribution >= 0.6 is 11.3 Å². The first-order valence-corrected chi connectivity index (χ1v) is 9.40. The number of hydrogen-bond donors (Lipinski definition) is 1. The minimum Gasteiger partial charge on any atom is -0.406 e. The summed E-state index contributed by atoms with van der Waals surface area (Å²) in [5, 5.41) is 8.25. The smallest absolute Gasteiger partial charge is 0.406 e. The van der Waals surface area contributed by atoms with Gasteiger partial charge in [0.2, 0.25) is 5.76 Å². The van der Waals surface area contributed by atoms with Gasteiger partial charge in [-0.15, -0.1) is 24.5 Å². The van der Waals surface area contributed by atoms with E-state index in [4.69, 9.17) is 4.52 Å². The van der Waals surface area contributed by atoms with Gasteiger partial charge < -0.3 is 14.6 Å². The second-order valence-electron chi connectivity index (χ2n) is 5.99. The molecule has 0 bridgehead atoms. The van der Waals surface area contributed by atoms with Crippen LogP contribution in [-0.2, 0) is 0 Å². The van der Waals surface area contributed by atoms with Crippen molar-refractivity contribution in [3.63, 3.8) is 0 Å². The largest absolute Gasteiger partial charge is 0.573 e. The molecule has 0 fully saturated rings. The Bertz CT molecular complexity index is 1170. The fraction of sp³-hybridized carbons (Fsp3) is 0.0500. The van der Waals surface area contributed by atoms with Gasteiger partial charge >= 0.3 is 6.36 Å². The summed E-state index contributed by atoms with van der Waals surface area (Å²) in [6, 6.07) is 15.6. The monoisotopic (exact) mass is 431 g/mol. The molecule has 0 aliphatic carbocycles. The molecule has 152 valence electrons. The van der Waals surface area contributed by atoms with Crippen molar-refractivity contribution in [1.29, 1.82) is 0 Å². The summed E-state index contributed by atoms with van der Waals surface area (Å²) in [4.78, 5) is 17.9. The molecule has 0 saturated heterocycles. The average Bonchev–Trinajstić information content (AvgIpc) is 3.39. The molecule has 10 heteroatoms. The first-order chi connectivity index (χ1) is 14.4. The molecule has 0 spiro atoms. The zero-order chi connectivity index (χ0) is 21.1.